The lowest BCUT2D eigenvalue weighted by Crippen LogP contribution is -2.24. The van der Waals surface area contributed by atoms with Crippen LogP contribution in [0.2, 0.25) is 0 Å². The Balaban J connectivity index is 1.90. The molecule has 1 atom stereocenters. The van der Waals surface area contributed by atoms with Crippen LogP contribution in [0.5, 0.6) is 0 Å². The minimum absolute atomic E-state index is 0.257. The fourth-order valence-electron chi connectivity index (χ4n) is 2.44. The standard InChI is InChI=1S/C12H18N2OS/c1-2-14(8-6-7-8)12-13-9-4-3-5-10(15)11(9)16-12/h8,10,15H,2-7H2,1H3. The smallest absolute Gasteiger partial charge is 0.186 e. The number of rotatable bonds is 3. The molecule has 16 heavy (non-hydrogen) atoms. The van der Waals surface area contributed by atoms with Crippen LogP contribution in [-0.4, -0.2) is 22.7 Å². The molecule has 0 aromatic carbocycles. The Morgan fingerprint density at radius 3 is 2.88 bits per heavy atom. The summed E-state index contributed by atoms with van der Waals surface area (Å²) in [4.78, 5) is 8.24. The van der Waals surface area contributed by atoms with Crippen molar-refractivity contribution in [1.29, 1.82) is 0 Å². The van der Waals surface area contributed by atoms with Gasteiger partial charge in [0.1, 0.15) is 0 Å². The van der Waals surface area contributed by atoms with E-state index >= 15 is 0 Å². The summed E-state index contributed by atoms with van der Waals surface area (Å²) in [6, 6.07) is 0.717. The van der Waals surface area contributed by atoms with E-state index in [-0.39, 0.29) is 6.10 Å². The van der Waals surface area contributed by atoms with E-state index in [4.69, 9.17) is 4.98 Å². The summed E-state index contributed by atoms with van der Waals surface area (Å²) < 4.78 is 0. The molecule has 1 heterocycles. The van der Waals surface area contributed by atoms with Crippen molar-refractivity contribution in [1.82, 2.24) is 4.98 Å². The molecule has 1 saturated carbocycles. The highest BCUT2D eigenvalue weighted by Gasteiger charge is 2.32. The van der Waals surface area contributed by atoms with Crippen molar-refractivity contribution >= 4 is 16.5 Å². The molecule has 0 spiro atoms. The Kier molecular flexibility index (Phi) is 2.64. The van der Waals surface area contributed by atoms with Crippen molar-refractivity contribution in [3.05, 3.63) is 10.6 Å². The van der Waals surface area contributed by atoms with Gasteiger partial charge in [-0.05, 0) is 39.0 Å². The summed E-state index contributed by atoms with van der Waals surface area (Å²) in [6.07, 6.45) is 5.39. The van der Waals surface area contributed by atoms with E-state index in [0.717, 1.165) is 47.6 Å². The third-order valence-corrected chi connectivity index (χ3v) is 4.72. The van der Waals surface area contributed by atoms with E-state index in [9.17, 15) is 5.11 Å². The van der Waals surface area contributed by atoms with Crippen molar-refractivity contribution in [2.45, 2.75) is 51.2 Å². The molecule has 0 amide bonds. The molecule has 1 aromatic rings. The van der Waals surface area contributed by atoms with E-state index in [0.29, 0.717) is 0 Å². The highest BCUT2D eigenvalue weighted by Crippen LogP contribution is 2.40. The second kappa shape index (κ2) is 4.00. The van der Waals surface area contributed by atoms with Gasteiger partial charge in [0.25, 0.3) is 0 Å². The first kappa shape index (κ1) is 10.5. The maximum Gasteiger partial charge on any atom is 0.186 e. The highest BCUT2D eigenvalue weighted by molar-refractivity contribution is 7.15. The van der Waals surface area contributed by atoms with Crippen LogP contribution in [0, 0.1) is 0 Å². The molecule has 1 unspecified atom stereocenters. The Morgan fingerprint density at radius 1 is 1.44 bits per heavy atom. The number of aliphatic hydroxyl groups is 1. The summed E-state index contributed by atoms with van der Waals surface area (Å²) in [5, 5.41) is 11.1. The zero-order valence-corrected chi connectivity index (χ0v) is 10.5. The first-order valence-electron chi connectivity index (χ1n) is 6.24. The number of hydrogen-bond acceptors (Lipinski definition) is 4. The average molecular weight is 238 g/mol. The second-order valence-corrected chi connectivity index (χ2v) is 5.74. The Hall–Kier alpha value is -0.610. The second-order valence-electron chi connectivity index (χ2n) is 4.73. The van der Waals surface area contributed by atoms with Crippen LogP contribution in [0.25, 0.3) is 0 Å². The zero-order valence-electron chi connectivity index (χ0n) is 9.65. The molecule has 0 radical (unpaired) electrons. The molecular formula is C12H18N2OS. The monoisotopic (exact) mass is 238 g/mol. The summed E-state index contributed by atoms with van der Waals surface area (Å²) in [6.45, 7) is 3.22. The average Bonchev–Trinajstić information content (AvgIpc) is 2.99. The predicted octanol–water partition coefficient (Wildman–Crippen LogP) is 2.50. The van der Waals surface area contributed by atoms with E-state index in [1.54, 1.807) is 11.3 Å². The molecule has 0 aliphatic heterocycles. The maximum absolute atomic E-state index is 9.94. The van der Waals surface area contributed by atoms with Gasteiger partial charge in [0.05, 0.1) is 16.7 Å². The molecular weight excluding hydrogens is 220 g/mol. The van der Waals surface area contributed by atoms with Crippen LogP contribution in [0.15, 0.2) is 0 Å². The first-order chi connectivity index (χ1) is 7.79. The van der Waals surface area contributed by atoms with Crippen LogP contribution in [0.3, 0.4) is 0 Å². The van der Waals surface area contributed by atoms with Crippen LogP contribution in [-0.2, 0) is 6.42 Å². The van der Waals surface area contributed by atoms with Gasteiger partial charge in [0, 0.05) is 12.6 Å². The molecule has 1 aromatic heterocycles. The van der Waals surface area contributed by atoms with Crippen LogP contribution >= 0.6 is 11.3 Å². The fraction of sp³-hybridized carbons (Fsp3) is 0.750. The van der Waals surface area contributed by atoms with Gasteiger partial charge in [-0.1, -0.05) is 11.3 Å². The number of nitrogens with zero attached hydrogens (tertiary/aromatic N) is 2. The third kappa shape index (κ3) is 1.74. The largest absolute Gasteiger partial charge is 0.388 e. The summed E-state index contributed by atoms with van der Waals surface area (Å²) in [7, 11) is 0. The highest BCUT2D eigenvalue weighted by atomic mass is 32.1. The minimum Gasteiger partial charge on any atom is -0.388 e. The molecule has 1 N–H and O–H groups in total. The lowest BCUT2D eigenvalue weighted by Gasteiger charge is -2.18. The van der Waals surface area contributed by atoms with Gasteiger partial charge in [-0.3, -0.25) is 0 Å². The molecule has 2 aliphatic carbocycles. The normalized spacial score (nSPS) is 24.2. The lowest BCUT2D eigenvalue weighted by atomic mass is 10.0. The first-order valence-corrected chi connectivity index (χ1v) is 7.05. The van der Waals surface area contributed by atoms with Gasteiger partial charge < -0.3 is 10.0 Å². The van der Waals surface area contributed by atoms with Gasteiger partial charge in [0.2, 0.25) is 0 Å². The van der Waals surface area contributed by atoms with Gasteiger partial charge >= 0.3 is 0 Å². The van der Waals surface area contributed by atoms with Gasteiger partial charge in [-0.2, -0.15) is 0 Å². The van der Waals surface area contributed by atoms with E-state index in [1.165, 1.54) is 12.8 Å². The summed E-state index contributed by atoms with van der Waals surface area (Å²) in [5.74, 6) is 0. The molecule has 3 rings (SSSR count). The van der Waals surface area contributed by atoms with Crippen molar-refractivity contribution < 1.29 is 5.11 Å². The van der Waals surface area contributed by atoms with Crippen molar-refractivity contribution in [2.75, 3.05) is 11.4 Å². The van der Waals surface area contributed by atoms with Gasteiger partial charge in [0.15, 0.2) is 5.13 Å². The number of hydrogen-bond donors (Lipinski definition) is 1. The number of aromatic nitrogens is 1. The zero-order chi connectivity index (χ0) is 11.1. The number of thiazole rings is 1. The van der Waals surface area contributed by atoms with Crippen molar-refractivity contribution in [3.8, 4) is 0 Å². The SMILES string of the molecule is CCN(c1nc2c(s1)C(O)CCC2)C1CC1. The van der Waals surface area contributed by atoms with Gasteiger partial charge in [-0.15, -0.1) is 0 Å². The number of anilines is 1. The number of aliphatic hydroxyl groups excluding tert-OH is 1. The molecule has 4 heteroatoms. The quantitative estimate of drug-likeness (QED) is 0.879. The van der Waals surface area contributed by atoms with E-state index in [2.05, 4.69) is 11.8 Å². The topological polar surface area (TPSA) is 36.4 Å². The van der Waals surface area contributed by atoms with Crippen LogP contribution in [0.4, 0.5) is 5.13 Å². The third-order valence-electron chi connectivity index (χ3n) is 3.48. The Labute approximate surface area is 100 Å². The minimum atomic E-state index is -0.257. The maximum atomic E-state index is 9.94. The molecule has 88 valence electrons. The molecule has 2 aliphatic rings. The molecule has 1 fully saturated rings. The predicted molar refractivity (Wildman–Crippen MR) is 66.1 cm³/mol. The fourth-order valence-corrected chi connectivity index (χ4v) is 3.71. The lowest BCUT2D eigenvalue weighted by molar-refractivity contribution is 0.160. The van der Waals surface area contributed by atoms with Crippen molar-refractivity contribution in [2.24, 2.45) is 0 Å². The van der Waals surface area contributed by atoms with E-state index in [1.807, 2.05) is 0 Å². The van der Waals surface area contributed by atoms with Crippen LogP contribution in [0.1, 0.15) is 49.3 Å². The molecule has 3 nitrogen and oxygen atoms in total. The number of aryl methyl sites for hydroxylation is 1. The summed E-state index contributed by atoms with van der Waals surface area (Å²) >= 11 is 1.71. The van der Waals surface area contributed by atoms with Gasteiger partial charge in [-0.25, -0.2) is 4.98 Å². The Bertz CT molecular complexity index is 386. The number of fused-ring (bicyclic) bond motifs is 1. The summed E-state index contributed by atoms with van der Waals surface area (Å²) in [5.41, 5.74) is 1.15. The van der Waals surface area contributed by atoms with Crippen molar-refractivity contribution in [3.63, 3.8) is 0 Å². The van der Waals surface area contributed by atoms with Crippen LogP contribution < -0.4 is 4.90 Å². The molecule has 0 saturated heterocycles. The Morgan fingerprint density at radius 2 is 2.25 bits per heavy atom. The molecule has 0 bridgehead atoms. The van der Waals surface area contributed by atoms with E-state index < -0.39 is 0 Å².